The van der Waals surface area contributed by atoms with E-state index in [4.69, 9.17) is 0 Å². The van der Waals surface area contributed by atoms with Crippen molar-refractivity contribution in [3.63, 3.8) is 0 Å². The molecule has 1 unspecified atom stereocenters. The SMILES string of the molecule is C[C@@H]1CC2CNC[C@H]21. The molecule has 1 nitrogen and oxygen atoms in total. The molecule has 2 rings (SSSR count). The van der Waals surface area contributed by atoms with Gasteiger partial charge in [0.25, 0.3) is 0 Å². The van der Waals surface area contributed by atoms with Crippen LogP contribution in [0.5, 0.6) is 0 Å². The molecule has 1 heterocycles. The molecule has 0 aromatic heterocycles. The Bertz CT molecular complexity index is 101. The van der Waals surface area contributed by atoms with Gasteiger partial charge in [-0.25, -0.2) is 0 Å². The van der Waals surface area contributed by atoms with Gasteiger partial charge in [-0.3, -0.25) is 0 Å². The van der Waals surface area contributed by atoms with E-state index in [2.05, 4.69) is 12.2 Å². The molecule has 0 radical (unpaired) electrons. The first-order valence-corrected chi connectivity index (χ1v) is 3.58. The summed E-state index contributed by atoms with van der Waals surface area (Å²) in [6.07, 6.45) is 1.48. The smallest absolute Gasteiger partial charge is 0.00147 e. The summed E-state index contributed by atoms with van der Waals surface area (Å²) in [4.78, 5) is 0. The van der Waals surface area contributed by atoms with E-state index in [9.17, 15) is 0 Å². The highest BCUT2D eigenvalue weighted by atomic mass is 14.9. The van der Waals surface area contributed by atoms with E-state index in [-0.39, 0.29) is 0 Å². The fourth-order valence-electron chi connectivity index (χ4n) is 2.13. The molecular formula is C7H13N. The van der Waals surface area contributed by atoms with Gasteiger partial charge in [0.2, 0.25) is 0 Å². The number of rotatable bonds is 0. The van der Waals surface area contributed by atoms with Gasteiger partial charge in [-0.15, -0.1) is 0 Å². The first-order valence-electron chi connectivity index (χ1n) is 3.58. The fraction of sp³-hybridized carbons (Fsp3) is 1.00. The van der Waals surface area contributed by atoms with E-state index < -0.39 is 0 Å². The van der Waals surface area contributed by atoms with Crippen molar-refractivity contribution in [2.45, 2.75) is 13.3 Å². The first kappa shape index (κ1) is 4.80. The minimum Gasteiger partial charge on any atom is -0.316 e. The molecule has 3 atom stereocenters. The van der Waals surface area contributed by atoms with E-state index in [1.807, 2.05) is 0 Å². The second kappa shape index (κ2) is 1.47. The van der Waals surface area contributed by atoms with Crippen molar-refractivity contribution in [1.29, 1.82) is 0 Å². The maximum absolute atomic E-state index is 3.41. The molecule has 1 N–H and O–H groups in total. The molecule has 1 heteroatoms. The standard InChI is InChI=1S/C7H13N/c1-5-2-6-3-8-4-7(5)6/h5-8H,2-4H2,1H3/t5-,6?,7+/m1/s1. The zero-order valence-corrected chi connectivity index (χ0v) is 5.35. The van der Waals surface area contributed by atoms with Crippen LogP contribution in [0.25, 0.3) is 0 Å². The molecule has 2 fully saturated rings. The monoisotopic (exact) mass is 111 g/mol. The van der Waals surface area contributed by atoms with Crippen LogP contribution < -0.4 is 5.32 Å². The number of nitrogens with one attached hydrogen (secondary N) is 1. The maximum Gasteiger partial charge on any atom is -0.00147 e. The molecule has 0 bridgehead atoms. The lowest BCUT2D eigenvalue weighted by atomic mass is 9.68. The Hall–Kier alpha value is -0.0400. The van der Waals surface area contributed by atoms with Gasteiger partial charge in [0.1, 0.15) is 0 Å². The molecule has 0 amide bonds. The highest BCUT2D eigenvalue weighted by Gasteiger charge is 2.40. The zero-order chi connectivity index (χ0) is 5.56. The molecule has 2 aliphatic rings. The summed E-state index contributed by atoms with van der Waals surface area (Å²) in [6, 6.07) is 0. The summed E-state index contributed by atoms with van der Waals surface area (Å²) >= 11 is 0. The minimum atomic E-state index is 1.02. The quantitative estimate of drug-likeness (QED) is 0.489. The zero-order valence-electron chi connectivity index (χ0n) is 5.35. The van der Waals surface area contributed by atoms with Crippen LogP contribution in [-0.4, -0.2) is 13.1 Å². The van der Waals surface area contributed by atoms with Crippen LogP contribution in [0.15, 0.2) is 0 Å². The van der Waals surface area contributed by atoms with Crippen molar-refractivity contribution in [2.75, 3.05) is 13.1 Å². The van der Waals surface area contributed by atoms with Gasteiger partial charge in [0.15, 0.2) is 0 Å². The topological polar surface area (TPSA) is 12.0 Å². The molecular weight excluding hydrogens is 98.1 g/mol. The maximum atomic E-state index is 3.41. The van der Waals surface area contributed by atoms with E-state index in [1.165, 1.54) is 19.5 Å². The number of fused-ring (bicyclic) bond motifs is 1. The second-order valence-corrected chi connectivity index (χ2v) is 3.30. The molecule has 1 saturated heterocycles. The molecule has 46 valence electrons. The molecule has 1 aliphatic heterocycles. The van der Waals surface area contributed by atoms with Crippen LogP contribution >= 0.6 is 0 Å². The Balaban J connectivity index is 2.02. The highest BCUT2D eigenvalue weighted by molar-refractivity contribution is 4.93. The summed E-state index contributed by atoms with van der Waals surface area (Å²) in [6.45, 7) is 4.97. The molecule has 1 aliphatic carbocycles. The average Bonchev–Trinajstić information content (AvgIpc) is 2.09. The van der Waals surface area contributed by atoms with Gasteiger partial charge in [-0.2, -0.15) is 0 Å². The lowest BCUT2D eigenvalue weighted by Gasteiger charge is -2.36. The minimum absolute atomic E-state index is 1.02. The van der Waals surface area contributed by atoms with Crippen LogP contribution in [0, 0.1) is 17.8 Å². The largest absolute Gasteiger partial charge is 0.316 e. The summed E-state index contributed by atoms with van der Waals surface area (Å²) in [5, 5.41) is 3.41. The van der Waals surface area contributed by atoms with E-state index >= 15 is 0 Å². The third kappa shape index (κ3) is 0.455. The van der Waals surface area contributed by atoms with E-state index in [0.717, 1.165) is 17.8 Å². The molecule has 0 spiro atoms. The Morgan fingerprint density at radius 3 is 2.75 bits per heavy atom. The molecule has 8 heavy (non-hydrogen) atoms. The highest BCUT2D eigenvalue weighted by Crippen LogP contribution is 2.41. The van der Waals surface area contributed by atoms with Crippen LogP contribution in [0.2, 0.25) is 0 Å². The van der Waals surface area contributed by atoms with Crippen molar-refractivity contribution in [3.05, 3.63) is 0 Å². The van der Waals surface area contributed by atoms with Crippen molar-refractivity contribution in [3.8, 4) is 0 Å². The lowest BCUT2D eigenvalue weighted by molar-refractivity contribution is 0.140. The van der Waals surface area contributed by atoms with Gasteiger partial charge in [-0.1, -0.05) is 6.92 Å². The molecule has 1 saturated carbocycles. The van der Waals surface area contributed by atoms with Crippen molar-refractivity contribution < 1.29 is 0 Å². The van der Waals surface area contributed by atoms with E-state index in [0.29, 0.717) is 0 Å². The predicted molar refractivity (Wildman–Crippen MR) is 33.6 cm³/mol. The number of hydrogen-bond acceptors (Lipinski definition) is 1. The van der Waals surface area contributed by atoms with Crippen LogP contribution in [0.4, 0.5) is 0 Å². The summed E-state index contributed by atoms with van der Waals surface area (Å²) < 4.78 is 0. The van der Waals surface area contributed by atoms with Crippen molar-refractivity contribution in [2.24, 2.45) is 17.8 Å². The third-order valence-electron chi connectivity index (χ3n) is 2.80. The van der Waals surface area contributed by atoms with E-state index in [1.54, 1.807) is 0 Å². The van der Waals surface area contributed by atoms with Crippen LogP contribution in [-0.2, 0) is 0 Å². The average molecular weight is 111 g/mol. The summed E-state index contributed by atoms with van der Waals surface area (Å²) in [5.74, 6) is 3.13. The van der Waals surface area contributed by atoms with Gasteiger partial charge in [-0.05, 0) is 37.3 Å². The lowest BCUT2D eigenvalue weighted by Crippen LogP contribution is -2.33. The van der Waals surface area contributed by atoms with Crippen molar-refractivity contribution >= 4 is 0 Å². The third-order valence-corrected chi connectivity index (χ3v) is 2.80. The molecule has 0 aromatic rings. The Morgan fingerprint density at radius 2 is 2.25 bits per heavy atom. The van der Waals surface area contributed by atoms with Gasteiger partial charge in [0.05, 0.1) is 0 Å². The first-order chi connectivity index (χ1) is 3.88. The molecule has 0 aromatic carbocycles. The summed E-state index contributed by atoms with van der Waals surface area (Å²) in [7, 11) is 0. The van der Waals surface area contributed by atoms with Gasteiger partial charge in [0, 0.05) is 0 Å². The van der Waals surface area contributed by atoms with Gasteiger partial charge < -0.3 is 5.32 Å². The Labute approximate surface area is 50.5 Å². The fourth-order valence-corrected chi connectivity index (χ4v) is 2.13. The number of hydrogen-bond donors (Lipinski definition) is 1. The summed E-state index contributed by atoms with van der Waals surface area (Å²) in [5.41, 5.74) is 0. The predicted octanol–water partition coefficient (Wildman–Crippen LogP) is 0.862. The second-order valence-electron chi connectivity index (χ2n) is 3.30. The van der Waals surface area contributed by atoms with Crippen LogP contribution in [0.1, 0.15) is 13.3 Å². The van der Waals surface area contributed by atoms with Crippen molar-refractivity contribution in [1.82, 2.24) is 5.32 Å². The normalized spacial score (nSPS) is 52.9. The Kier molecular flexibility index (Phi) is 0.884. The van der Waals surface area contributed by atoms with Crippen LogP contribution in [0.3, 0.4) is 0 Å². The Morgan fingerprint density at radius 1 is 1.38 bits per heavy atom. The van der Waals surface area contributed by atoms with Gasteiger partial charge >= 0.3 is 0 Å².